The molecule has 1 rings (SSSR count). The molecule has 0 aliphatic heterocycles. The first-order valence-corrected chi connectivity index (χ1v) is 6.92. The number of aryl methyl sites for hydroxylation is 1. The SMILES string of the molecule is CNC(C)C(=O)Nc1cc(S(N)(=O)=O)ccc1C. The number of nitrogens with two attached hydrogens (primary N) is 1. The lowest BCUT2D eigenvalue weighted by atomic mass is 10.2. The highest BCUT2D eigenvalue weighted by Gasteiger charge is 2.14. The van der Waals surface area contributed by atoms with Crippen LogP contribution in [0.5, 0.6) is 0 Å². The summed E-state index contributed by atoms with van der Waals surface area (Å²) in [5.74, 6) is -0.243. The number of anilines is 1. The Bertz CT molecular complexity index is 555. The van der Waals surface area contributed by atoms with Crippen molar-refractivity contribution in [1.82, 2.24) is 5.32 Å². The number of hydrogen-bond donors (Lipinski definition) is 3. The van der Waals surface area contributed by atoms with Crippen molar-refractivity contribution >= 4 is 21.6 Å². The summed E-state index contributed by atoms with van der Waals surface area (Å²) in [4.78, 5) is 11.7. The summed E-state index contributed by atoms with van der Waals surface area (Å²) in [6.45, 7) is 3.47. The number of benzene rings is 1. The molecule has 1 amide bonds. The Morgan fingerprint density at radius 3 is 2.50 bits per heavy atom. The Hall–Kier alpha value is -1.44. The van der Waals surface area contributed by atoms with E-state index in [1.165, 1.54) is 12.1 Å². The third-order valence-electron chi connectivity index (χ3n) is 2.62. The normalized spacial score (nSPS) is 13.1. The lowest BCUT2D eigenvalue weighted by molar-refractivity contribution is -0.117. The minimum Gasteiger partial charge on any atom is -0.324 e. The maximum absolute atomic E-state index is 11.7. The van der Waals surface area contributed by atoms with Crippen LogP contribution >= 0.6 is 0 Å². The highest BCUT2D eigenvalue weighted by Crippen LogP contribution is 2.19. The first-order valence-electron chi connectivity index (χ1n) is 5.37. The Kier molecular flexibility index (Phi) is 4.44. The molecule has 4 N–H and O–H groups in total. The van der Waals surface area contributed by atoms with E-state index >= 15 is 0 Å². The molecule has 7 heteroatoms. The van der Waals surface area contributed by atoms with E-state index in [-0.39, 0.29) is 16.8 Å². The van der Waals surface area contributed by atoms with Gasteiger partial charge < -0.3 is 10.6 Å². The topological polar surface area (TPSA) is 101 Å². The predicted octanol–water partition coefficient (Wildman–Crippen LogP) is 0.189. The number of carbonyl (C=O) groups is 1. The lowest BCUT2D eigenvalue weighted by Gasteiger charge is -2.13. The van der Waals surface area contributed by atoms with Crippen molar-refractivity contribution in [1.29, 1.82) is 0 Å². The van der Waals surface area contributed by atoms with E-state index in [1.807, 2.05) is 0 Å². The van der Waals surface area contributed by atoms with Crippen LogP contribution in [0.1, 0.15) is 12.5 Å². The van der Waals surface area contributed by atoms with Crippen LogP contribution in [-0.2, 0) is 14.8 Å². The number of carbonyl (C=O) groups excluding carboxylic acids is 1. The summed E-state index contributed by atoms with van der Waals surface area (Å²) in [6.07, 6.45) is 0. The van der Waals surface area contributed by atoms with E-state index in [2.05, 4.69) is 10.6 Å². The number of sulfonamides is 1. The molecule has 0 saturated carbocycles. The molecule has 0 spiro atoms. The van der Waals surface area contributed by atoms with Gasteiger partial charge in [-0.2, -0.15) is 0 Å². The number of nitrogens with one attached hydrogen (secondary N) is 2. The minimum atomic E-state index is -3.77. The smallest absolute Gasteiger partial charge is 0.241 e. The van der Waals surface area contributed by atoms with Gasteiger partial charge in [0.1, 0.15) is 0 Å². The predicted molar refractivity (Wildman–Crippen MR) is 69.7 cm³/mol. The fraction of sp³-hybridized carbons (Fsp3) is 0.364. The molecule has 1 unspecified atom stereocenters. The summed E-state index contributed by atoms with van der Waals surface area (Å²) in [7, 11) is -2.11. The molecular weight excluding hydrogens is 254 g/mol. The number of amides is 1. The second kappa shape index (κ2) is 5.47. The average Bonchev–Trinajstić information content (AvgIpc) is 2.29. The van der Waals surface area contributed by atoms with Crippen LogP contribution in [0.3, 0.4) is 0 Å². The van der Waals surface area contributed by atoms with Gasteiger partial charge >= 0.3 is 0 Å². The summed E-state index contributed by atoms with van der Waals surface area (Å²) < 4.78 is 22.4. The molecule has 100 valence electrons. The Balaban J connectivity index is 3.06. The molecule has 1 aromatic rings. The van der Waals surface area contributed by atoms with Gasteiger partial charge in [-0.25, -0.2) is 13.6 Å². The van der Waals surface area contributed by atoms with Gasteiger partial charge in [-0.05, 0) is 38.6 Å². The number of rotatable bonds is 4. The van der Waals surface area contributed by atoms with Gasteiger partial charge in [-0.1, -0.05) is 6.07 Å². The molecule has 1 atom stereocenters. The largest absolute Gasteiger partial charge is 0.324 e. The summed E-state index contributed by atoms with van der Waals surface area (Å²) in [6, 6.07) is 3.98. The first-order chi connectivity index (χ1) is 8.25. The molecule has 0 radical (unpaired) electrons. The van der Waals surface area contributed by atoms with E-state index in [0.29, 0.717) is 5.69 Å². The van der Waals surface area contributed by atoms with Crippen molar-refractivity contribution in [3.63, 3.8) is 0 Å². The van der Waals surface area contributed by atoms with Crippen LogP contribution in [0.2, 0.25) is 0 Å². The van der Waals surface area contributed by atoms with E-state index < -0.39 is 10.0 Å². The molecule has 0 aliphatic rings. The lowest BCUT2D eigenvalue weighted by Crippen LogP contribution is -2.35. The van der Waals surface area contributed by atoms with Crippen LogP contribution in [0.4, 0.5) is 5.69 Å². The van der Waals surface area contributed by atoms with E-state index in [9.17, 15) is 13.2 Å². The van der Waals surface area contributed by atoms with Gasteiger partial charge in [0.15, 0.2) is 0 Å². The van der Waals surface area contributed by atoms with Crippen molar-refractivity contribution in [2.24, 2.45) is 5.14 Å². The molecule has 18 heavy (non-hydrogen) atoms. The molecule has 0 aliphatic carbocycles. The maximum atomic E-state index is 11.7. The van der Waals surface area contributed by atoms with Crippen LogP contribution in [-0.4, -0.2) is 27.4 Å². The van der Waals surface area contributed by atoms with Crippen LogP contribution in [0.15, 0.2) is 23.1 Å². The van der Waals surface area contributed by atoms with Gasteiger partial charge in [0.25, 0.3) is 0 Å². The fourth-order valence-electron chi connectivity index (χ4n) is 1.28. The highest BCUT2D eigenvalue weighted by atomic mass is 32.2. The van der Waals surface area contributed by atoms with Gasteiger partial charge in [-0.3, -0.25) is 4.79 Å². The van der Waals surface area contributed by atoms with Crippen molar-refractivity contribution in [2.45, 2.75) is 24.8 Å². The zero-order valence-electron chi connectivity index (χ0n) is 10.5. The highest BCUT2D eigenvalue weighted by molar-refractivity contribution is 7.89. The number of primary sulfonamides is 1. The molecule has 0 aromatic heterocycles. The second-order valence-electron chi connectivity index (χ2n) is 4.02. The third kappa shape index (κ3) is 3.52. The molecule has 0 saturated heterocycles. The fourth-order valence-corrected chi connectivity index (χ4v) is 1.82. The van der Waals surface area contributed by atoms with Crippen molar-refractivity contribution in [3.05, 3.63) is 23.8 Å². The zero-order valence-corrected chi connectivity index (χ0v) is 11.3. The Morgan fingerprint density at radius 1 is 1.39 bits per heavy atom. The van der Waals surface area contributed by atoms with E-state index in [1.54, 1.807) is 27.0 Å². The monoisotopic (exact) mass is 271 g/mol. The minimum absolute atomic E-state index is 0.0273. The van der Waals surface area contributed by atoms with Crippen molar-refractivity contribution in [2.75, 3.05) is 12.4 Å². The molecular formula is C11H17N3O3S. The quantitative estimate of drug-likeness (QED) is 0.727. The van der Waals surface area contributed by atoms with Gasteiger partial charge in [-0.15, -0.1) is 0 Å². The number of likely N-dealkylation sites (N-methyl/N-ethyl adjacent to an activating group) is 1. The van der Waals surface area contributed by atoms with Crippen molar-refractivity contribution < 1.29 is 13.2 Å². The average molecular weight is 271 g/mol. The van der Waals surface area contributed by atoms with Crippen LogP contribution < -0.4 is 15.8 Å². The first kappa shape index (κ1) is 14.6. The van der Waals surface area contributed by atoms with Crippen LogP contribution in [0, 0.1) is 6.92 Å². The van der Waals surface area contributed by atoms with Gasteiger partial charge in [0.2, 0.25) is 15.9 Å². The van der Waals surface area contributed by atoms with E-state index in [0.717, 1.165) is 5.56 Å². The Labute approximate surface area is 107 Å². The second-order valence-corrected chi connectivity index (χ2v) is 5.58. The maximum Gasteiger partial charge on any atom is 0.241 e. The van der Waals surface area contributed by atoms with Gasteiger partial charge in [0, 0.05) is 5.69 Å². The standard InChI is InChI=1S/C11H17N3O3S/c1-7-4-5-9(18(12,16)17)6-10(7)14-11(15)8(2)13-3/h4-6,8,13H,1-3H3,(H,14,15)(H2,12,16,17). The third-order valence-corrected chi connectivity index (χ3v) is 3.53. The summed E-state index contributed by atoms with van der Waals surface area (Å²) in [5, 5.41) is 10.5. The zero-order chi connectivity index (χ0) is 13.9. The summed E-state index contributed by atoms with van der Waals surface area (Å²) in [5.41, 5.74) is 1.20. The van der Waals surface area contributed by atoms with Crippen LogP contribution in [0.25, 0.3) is 0 Å². The van der Waals surface area contributed by atoms with E-state index in [4.69, 9.17) is 5.14 Å². The van der Waals surface area contributed by atoms with Crippen molar-refractivity contribution in [3.8, 4) is 0 Å². The molecule has 1 aromatic carbocycles. The molecule has 0 heterocycles. The molecule has 0 bridgehead atoms. The molecule has 6 nitrogen and oxygen atoms in total. The summed E-state index contributed by atoms with van der Waals surface area (Å²) >= 11 is 0. The molecule has 0 fully saturated rings. The Morgan fingerprint density at radius 2 is 2.00 bits per heavy atom. The van der Waals surface area contributed by atoms with Gasteiger partial charge in [0.05, 0.1) is 10.9 Å². The number of hydrogen-bond acceptors (Lipinski definition) is 4.